The first-order valence-electron chi connectivity index (χ1n) is 9.19. The number of amides is 1. The van der Waals surface area contributed by atoms with E-state index in [0.29, 0.717) is 24.1 Å². The predicted molar refractivity (Wildman–Crippen MR) is 115 cm³/mol. The molecule has 0 aliphatic carbocycles. The van der Waals surface area contributed by atoms with Crippen molar-refractivity contribution in [3.63, 3.8) is 0 Å². The van der Waals surface area contributed by atoms with Crippen LogP contribution in [-0.4, -0.2) is 47.6 Å². The molecule has 0 saturated heterocycles. The lowest BCUT2D eigenvalue weighted by Crippen LogP contribution is -2.43. The smallest absolute Gasteiger partial charge is 0.398 e. The van der Waals surface area contributed by atoms with Gasteiger partial charge in [-0.1, -0.05) is 13.8 Å². The molecule has 2 aromatic rings. The Morgan fingerprint density at radius 3 is 2.86 bits per heavy atom. The first-order valence-corrected chi connectivity index (χ1v) is 10.1. The minimum absolute atomic E-state index is 0.215. The summed E-state index contributed by atoms with van der Waals surface area (Å²) in [6.07, 6.45) is 2.88. The Bertz CT molecular complexity index is 788. The molecule has 1 amide bonds. The second kappa shape index (κ2) is 11.8. The maximum atomic E-state index is 12.5. The van der Waals surface area contributed by atoms with Crippen LogP contribution in [0.2, 0.25) is 6.82 Å². The van der Waals surface area contributed by atoms with Crippen LogP contribution >= 0.6 is 11.3 Å². The molecular weight excluding hydrogens is 392 g/mol. The molecule has 0 saturated carbocycles. The summed E-state index contributed by atoms with van der Waals surface area (Å²) in [4.78, 5) is 36.9. The van der Waals surface area contributed by atoms with Crippen LogP contribution in [0.1, 0.15) is 26.0 Å². The van der Waals surface area contributed by atoms with Gasteiger partial charge < -0.3 is 25.2 Å². The molecule has 12 heteroatoms. The molecular formula is C17H24B2N5O4S. The number of pyridine rings is 1. The van der Waals surface area contributed by atoms with Crippen molar-refractivity contribution in [3.8, 4) is 10.6 Å². The standard InChI is InChI=1S/C17H24B2N5O4S/c1-11(2)6-14(23-18-10-25)16(26)21-15-9-29-17(22-15)12-4-5-13(20-7-12)8-28-24-19(3)27/h4-5,7,9-11,14,23-24,27H,6,8H2,1-3H3,(H,21,26)/t14-/m0/s1. The van der Waals surface area contributed by atoms with E-state index in [-0.39, 0.29) is 18.4 Å². The second-order valence-corrected chi connectivity index (χ2v) is 7.66. The van der Waals surface area contributed by atoms with E-state index in [1.165, 1.54) is 18.8 Å². The third-order valence-electron chi connectivity index (χ3n) is 3.69. The van der Waals surface area contributed by atoms with Gasteiger partial charge in [-0.3, -0.25) is 9.78 Å². The molecule has 0 aromatic carbocycles. The number of hydrogen-bond donors (Lipinski definition) is 4. The molecule has 0 bridgehead atoms. The second-order valence-electron chi connectivity index (χ2n) is 6.80. The summed E-state index contributed by atoms with van der Waals surface area (Å²) >= 11 is 1.39. The minimum Gasteiger partial charge on any atom is -0.436 e. The lowest BCUT2D eigenvalue weighted by molar-refractivity contribution is -0.118. The zero-order valence-electron chi connectivity index (χ0n) is 16.6. The van der Waals surface area contributed by atoms with Crippen LogP contribution in [-0.2, 0) is 21.0 Å². The number of hydrogen-bond acceptors (Lipinski definition) is 9. The van der Waals surface area contributed by atoms with Gasteiger partial charge in [0.1, 0.15) is 17.4 Å². The number of nitrogens with one attached hydrogen (secondary N) is 3. The first kappa shape index (κ1) is 23.2. The molecule has 0 aliphatic rings. The Hall–Kier alpha value is -2.11. The molecule has 29 heavy (non-hydrogen) atoms. The number of anilines is 1. The molecule has 0 spiro atoms. The fraction of sp³-hybridized carbons (Fsp3) is 0.412. The fourth-order valence-corrected chi connectivity index (χ4v) is 3.17. The van der Waals surface area contributed by atoms with Crippen molar-refractivity contribution >= 4 is 43.7 Å². The van der Waals surface area contributed by atoms with E-state index in [1.54, 1.807) is 24.5 Å². The van der Waals surface area contributed by atoms with Crippen molar-refractivity contribution < 1.29 is 19.5 Å². The summed E-state index contributed by atoms with van der Waals surface area (Å²) in [6.45, 7) is 5.78. The Morgan fingerprint density at radius 1 is 1.45 bits per heavy atom. The maximum absolute atomic E-state index is 12.5. The number of nitrogens with zero attached hydrogens (tertiary/aromatic N) is 2. The number of carbonyl (C=O) groups excluding carboxylic acids is 2. The molecule has 4 N–H and O–H groups in total. The average molecular weight is 416 g/mol. The quantitative estimate of drug-likeness (QED) is 0.230. The van der Waals surface area contributed by atoms with Gasteiger partial charge in [0.15, 0.2) is 0 Å². The lowest BCUT2D eigenvalue weighted by atomic mass is 9.92. The highest BCUT2D eigenvalue weighted by Crippen LogP contribution is 2.25. The topological polar surface area (TPSA) is 125 Å². The molecule has 1 radical (unpaired) electrons. The van der Waals surface area contributed by atoms with Gasteiger partial charge >= 0.3 is 7.05 Å². The van der Waals surface area contributed by atoms with Gasteiger partial charge in [-0.25, -0.2) is 10.4 Å². The summed E-state index contributed by atoms with van der Waals surface area (Å²) in [5, 5.41) is 19.6. The Morgan fingerprint density at radius 2 is 2.24 bits per heavy atom. The number of rotatable bonds is 12. The Labute approximate surface area is 175 Å². The van der Waals surface area contributed by atoms with Gasteiger partial charge in [0, 0.05) is 17.1 Å². The van der Waals surface area contributed by atoms with Gasteiger partial charge in [-0.05, 0) is 31.3 Å². The van der Waals surface area contributed by atoms with Crippen LogP contribution < -0.4 is 15.9 Å². The van der Waals surface area contributed by atoms with Crippen LogP contribution in [0, 0.1) is 5.92 Å². The summed E-state index contributed by atoms with van der Waals surface area (Å²) in [5.74, 6) is 0.490. The molecule has 2 aromatic heterocycles. The summed E-state index contributed by atoms with van der Waals surface area (Å²) in [5.41, 5.74) is 1.51. The van der Waals surface area contributed by atoms with Gasteiger partial charge in [0.2, 0.25) is 5.91 Å². The van der Waals surface area contributed by atoms with Gasteiger partial charge in [-0.15, -0.1) is 11.3 Å². The van der Waals surface area contributed by atoms with Crippen molar-refractivity contribution in [1.29, 1.82) is 0 Å². The van der Waals surface area contributed by atoms with E-state index in [0.717, 1.165) is 10.6 Å². The van der Waals surface area contributed by atoms with Crippen molar-refractivity contribution in [2.24, 2.45) is 5.92 Å². The normalized spacial score (nSPS) is 11.9. The van der Waals surface area contributed by atoms with E-state index in [1.807, 2.05) is 19.9 Å². The summed E-state index contributed by atoms with van der Waals surface area (Å²) in [6, 6.07) is 3.15. The average Bonchev–Trinajstić information content (AvgIpc) is 3.13. The molecule has 0 unspecified atom stereocenters. The number of thiazole rings is 1. The van der Waals surface area contributed by atoms with E-state index in [4.69, 9.17) is 9.86 Å². The molecule has 153 valence electrons. The third-order valence-corrected chi connectivity index (χ3v) is 4.58. The highest BCUT2D eigenvalue weighted by atomic mass is 32.1. The van der Waals surface area contributed by atoms with E-state index < -0.39 is 13.1 Å². The predicted octanol–water partition coefficient (Wildman–Crippen LogP) is 1.09. The maximum Gasteiger partial charge on any atom is 0.398 e. The van der Waals surface area contributed by atoms with E-state index in [2.05, 4.69) is 25.9 Å². The van der Waals surface area contributed by atoms with Crippen molar-refractivity contribution in [1.82, 2.24) is 20.6 Å². The summed E-state index contributed by atoms with van der Waals surface area (Å²) in [7, 11) is 0.470. The van der Waals surface area contributed by atoms with E-state index >= 15 is 0 Å². The van der Waals surface area contributed by atoms with Gasteiger partial charge in [0.05, 0.1) is 17.9 Å². The molecule has 2 rings (SSSR count). The van der Waals surface area contributed by atoms with Crippen molar-refractivity contribution in [2.75, 3.05) is 5.32 Å². The number of aromatic nitrogens is 2. The fourth-order valence-electron chi connectivity index (χ4n) is 2.43. The highest BCUT2D eigenvalue weighted by Gasteiger charge is 2.20. The van der Waals surface area contributed by atoms with Crippen LogP contribution in [0.5, 0.6) is 0 Å². The van der Waals surface area contributed by atoms with Crippen LogP contribution in [0.4, 0.5) is 5.82 Å². The largest absolute Gasteiger partial charge is 0.436 e. The summed E-state index contributed by atoms with van der Waals surface area (Å²) < 4.78 is 0. The van der Waals surface area contributed by atoms with Crippen LogP contribution in [0.15, 0.2) is 23.7 Å². The molecule has 9 nitrogen and oxygen atoms in total. The zero-order chi connectivity index (χ0) is 21.2. The number of carbonyl (C=O) groups is 2. The van der Waals surface area contributed by atoms with Crippen molar-refractivity contribution in [2.45, 2.75) is 39.7 Å². The third kappa shape index (κ3) is 8.03. The molecule has 0 fully saturated rings. The monoisotopic (exact) mass is 416 g/mol. The lowest BCUT2D eigenvalue weighted by Gasteiger charge is -2.18. The SMILES string of the molecule is CB(O)NOCc1ccc(-c2nc(NC(=O)[C@H](CC(C)C)N[B]C=O)cs2)cn1. The minimum atomic E-state index is -0.759. The van der Waals surface area contributed by atoms with Crippen molar-refractivity contribution in [3.05, 3.63) is 29.4 Å². The van der Waals surface area contributed by atoms with Crippen LogP contribution in [0.3, 0.4) is 0 Å². The van der Waals surface area contributed by atoms with Crippen LogP contribution in [0.25, 0.3) is 10.6 Å². The van der Waals surface area contributed by atoms with Gasteiger partial charge in [-0.2, -0.15) is 0 Å². The van der Waals surface area contributed by atoms with E-state index in [9.17, 15) is 9.59 Å². The molecule has 0 aliphatic heterocycles. The first-order chi connectivity index (χ1) is 13.9. The molecule has 1 atom stereocenters. The zero-order valence-corrected chi connectivity index (χ0v) is 17.4. The Kier molecular flexibility index (Phi) is 9.42. The highest BCUT2D eigenvalue weighted by molar-refractivity contribution is 7.13. The Balaban J connectivity index is 1.97. The van der Waals surface area contributed by atoms with Gasteiger partial charge in [0.25, 0.3) is 7.41 Å². The molecule has 2 heterocycles.